The second-order valence-electron chi connectivity index (χ2n) is 4.26. The van der Waals surface area contributed by atoms with Gasteiger partial charge in [0.25, 0.3) is 5.91 Å². The van der Waals surface area contributed by atoms with E-state index in [1.807, 2.05) is 49.6 Å². The highest BCUT2D eigenvalue weighted by atomic mass is 32.1. The van der Waals surface area contributed by atoms with Gasteiger partial charge in [-0.2, -0.15) is 0 Å². The van der Waals surface area contributed by atoms with Gasteiger partial charge in [0.15, 0.2) is 4.99 Å². The zero-order valence-corrected chi connectivity index (χ0v) is 12.3. The molecule has 19 heavy (non-hydrogen) atoms. The fourth-order valence-corrected chi connectivity index (χ4v) is 2.61. The number of thiophene rings is 1. The SMILES string of the molecule is Cc1ccc(N(C(=S)C(N)=O)c2csc(C)c2)cc1. The number of hydrogen-bond donors (Lipinski definition) is 1. The molecule has 3 nitrogen and oxygen atoms in total. The highest BCUT2D eigenvalue weighted by molar-refractivity contribution is 7.82. The predicted octanol–water partition coefficient (Wildman–Crippen LogP) is 3.32. The van der Waals surface area contributed by atoms with E-state index in [1.165, 1.54) is 0 Å². The van der Waals surface area contributed by atoms with Crippen LogP contribution in [0.3, 0.4) is 0 Å². The molecule has 0 aliphatic heterocycles. The summed E-state index contributed by atoms with van der Waals surface area (Å²) in [5.41, 5.74) is 8.19. The van der Waals surface area contributed by atoms with Gasteiger partial charge in [0, 0.05) is 15.9 Å². The van der Waals surface area contributed by atoms with Crippen molar-refractivity contribution in [2.24, 2.45) is 5.73 Å². The van der Waals surface area contributed by atoms with Gasteiger partial charge in [-0.3, -0.25) is 9.69 Å². The Morgan fingerprint density at radius 3 is 2.32 bits per heavy atom. The Labute approximate surface area is 121 Å². The molecule has 0 fully saturated rings. The molecular formula is C14H14N2OS2. The Morgan fingerprint density at radius 1 is 1.21 bits per heavy atom. The van der Waals surface area contributed by atoms with E-state index in [0.717, 1.165) is 21.8 Å². The van der Waals surface area contributed by atoms with Gasteiger partial charge in [0.2, 0.25) is 0 Å². The Kier molecular flexibility index (Phi) is 3.97. The minimum Gasteiger partial charge on any atom is -0.364 e. The number of thiocarbonyl (C=S) groups is 1. The van der Waals surface area contributed by atoms with Crippen molar-refractivity contribution in [2.75, 3.05) is 4.90 Å². The van der Waals surface area contributed by atoms with Gasteiger partial charge in [0.1, 0.15) is 0 Å². The van der Waals surface area contributed by atoms with Crippen LogP contribution >= 0.6 is 23.6 Å². The molecule has 2 aromatic rings. The lowest BCUT2D eigenvalue weighted by molar-refractivity contribution is -0.111. The van der Waals surface area contributed by atoms with Crippen LogP contribution in [0.1, 0.15) is 10.4 Å². The van der Waals surface area contributed by atoms with Gasteiger partial charge in [-0.15, -0.1) is 11.3 Å². The van der Waals surface area contributed by atoms with E-state index in [9.17, 15) is 4.79 Å². The number of hydrogen-bond acceptors (Lipinski definition) is 3. The van der Waals surface area contributed by atoms with Crippen LogP contribution in [0.4, 0.5) is 11.4 Å². The molecule has 0 bridgehead atoms. The summed E-state index contributed by atoms with van der Waals surface area (Å²) in [5.74, 6) is -0.598. The lowest BCUT2D eigenvalue weighted by atomic mass is 10.2. The minimum atomic E-state index is -0.598. The number of carbonyl (C=O) groups is 1. The van der Waals surface area contributed by atoms with Crippen LogP contribution in [0.2, 0.25) is 0 Å². The molecule has 98 valence electrons. The van der Waals surface area contributed by atoms with E-state index < -0.39 is 5.91 Å². The third kappa shape index (κ3) is 3.00. The van der Waals surface area contributed by atoms with E-state index in [-0.39, 0.29) is 4.99 Å². The maximum atomic E-state index is 11.4. The second kappa shape index (κ2) is 5.50. The number of anilines is 2. The molecule has 1 amide bonds. The van der Waals surface area contributed by atoms with Crippen LogP contribution in [0, 0.1) is 13.8 Å². The van der Waals surface area contributed by atoms with Crippen molar-refractivity contribution in [3.05, 3.63) is 46.2 Å². The number of amides is 1. The maximum Gasteiger partial charge on any atom is 0.277 e. The lowest BCUT2D eigenvalue weighted by Crippen LogP contribution is -2.35. The van der Waals surface area contributed by atoms with Crippen molar-refractivity contribution >= 4 is 45.8 Å². The number of primary amides is 1. The molecule has 1 heterocycles. The van der Waals surface area contributed by atoms with Gasteiger partial charge >= 0.3 is 0 Å². The Morgan fingerprint density at radius 2 is 1.84 bits per heavy atom. The van der Waals surface area contributed by atoms with Crippen LogP contribution in [-0.4, -0.2) is 10.9 Å². The molecule has 0 atom stereocenters. The molecule has 0 spiro atoms. The van der Waals surface area contributed by atoms with E-state index in [0.29, 0.717) is 0 Å². The molecule has 0 aliphatic carbocycles. The monoisotopic (exact) mass is 290 g/mol. The van der Waals surface area contributed by atoms with Crippen molar-refractivity contribution < 1.29 is 4.79 Å². The highest BCUT2D eigenvalue weighted by Crippen LogP contribution is 2.30. The zero-order valence-electron chi connectivity index (χ0n) is 10.7. The molecule has 2 N–H and O–H groups in total. The average molecular weight is 290 g/mol. The second-order valence-corrected chi connectivity index (χ2v) is 5.76. The van der Waals surface area contributed by atoms with Crippen LogP contribution in [0.5, 0.6) is 0 Å². The molecular weight excluding hydrogens is 276 g/mol. The van der Waals surface area contributed by atoms with Gasteiger partial charge in [-0.05, 0) is 32.0 Å². The first-order valence-corrected chi connectivity index (χ1v) is 7.03. The third-order valence-electron chi connectivity index (χ3n) is 2.68. The van der Waals surface area contributed by atoms with Gasteiger partial charge < -0.3 is 5.73 Å². The smallest absolute Gasteiger partial charge is 0.277 e. The lowest BCUT2D eigenvalue weighted by Gasteiger charge is -2.22. The van der Waals surface area contributed by atoms with E-state index in [2.05, 4.69) is 0 Å². The highest BCUT2D eigenvalue weighted by Gasteiger charge is 2.19. The van der Waals surface area contributed by atoms with Crippen molar-refractivity contribution in [1.82, 2.24) is 0 Å². The van der Waals surface area contributed by atoms with Crippen molar-refractivity contribution in [2.45, 2.75) is 13.8 Å². The summed E-state index contributed by atoms with van der Waals surface area (Å²) in [7, 11) is 0. The summed E-state index contributed by atoms with van der Waals surface area (Å²) in [5, 5.41) is 1.96. The summed E-state index contributed by atoms with van der Waals surface area (Å²) in [6, 6.07) is 9.80. The van der Waals surface area contributed by atoms with Gasteiger partial charge in [-0.25, -0.2) is 0 Å². The van der Waals surface area contributed by atoms with Crippen molar-refractivity contribution in [1.29, 1.82) is 0 Å². The van der Waals surface area contributed by atoms with Crippen molar-refractivity contribution in [3.63, 3.8) is 0 Å². The molecule has 0 saturated heterocycles. The molecule has 0 saturated carbocycles. The molecule has 1 aromatic carbocycles. The zero-order chi connectivity index (χ0) is 14.0. The van der Waals surface area contributed by atoms with Crippen LogP contribution < -0.4 is 10.6 Å². The molecule has 0 unspecified atom stereocenters. The number of benzene rings is 1. The fourth-order valence-electron chi connectivity index (χ4n) is 1.73. The number of rotatable bonds is 2. The Balaban J connectivity index is 2.48. The Hall–Kier alpha value is -1.72. The van der Waals surface area contributed by atoms with Crippen molar-refractivity contribution in [3.8, 4) is 0 Å². The van der Waals surface area contributed by atoms with E-state index in [1.54, 1.807) is 16.2 Å². The maximum absolute atomic E-state index is 11.4. The number of nitrogens with two attached hydrogens (primary N) is 1. The standard InChI is InChI=1S/C14H14N2OS2/c1-9-3-5-11(6-4-9)16(14(18)13(15)17)12-7-10(2)19-8-12/h3-8H,1-2H3,(H2,15,17). The molecule has 5 heteroatoms. The van der Waals surface area contributed by atoms with Crippen LogP contribution in [0.15, 0.2) is 35.7 Å². The fraction of sp³-hybridized carbons (Fsp3) is 0.143. The minimum absolute atomic E-state index is 0.0988. The quantitative estimate of drug-likeness (QED) is 0.863. The third-order valence-corrected chi connectivity index (χ3v) is 3.91. The van der Waals surface area contributed by atoms with Gasteiger partial charge in [-0.1, -0.05) is 29.9 Å². The summed E-state index contributed by atoms with van der Waals surface area (Å²) in [4.78, 5) is 14.4. The number of carbonyl (C=O) groups excluding carboxylic acids is 1. The first kappa shape index (κ1) is 13.7. The predicted molar refractivity (Wildman–Crippen MR) is 84.2 cm³/mol. The van der Waals surface area contributed by atoms with Gasteiger partial charge in [0.05, 0.1) is 5.69 Å². The summed E-state index contributed by atoms with van der Waals surface area (Å²) >= 11 is 6.77. The summed E-state index contributed by atoms with van der Waals surface area (Å²) in [6.07, 6.45) is 0. The van der Waals surface area contributed by atoms with E-state index >= 15 is 0 Å². The molecule has 0 radical (unpaired) electrons. The largest absolute Gasteiger partial charge is 0.364 e. The van der Waals surface area contributed by atoms with Crippen LogP contribution in [-0.2, 0) is 4.79 Å². The average Bonchev–Trinajstić information content (AvgIpc) is 2.78. The molecule has 0 aliphatic rings. The Bertz CT molecular complexity index is 617. The normalized spacial score (nSPS) is 10.2. The summed E-state index contributed by atoms with van der Waals surface area (Å²) < 4.78 is 0. The topological polar surface area (TPSA) is 46.3 Å². The number of aryl methyl sites for hydroxylation is 2. The molecule has 1 aromatic heterocycles. The first-order chi connectivity index (χ1) is 8.99. The summed E-state index contributed by atoms with van der Waals surface area (Å²) in [6.45, 7) is 4.02. The number of nitrogens with zero attached hydrogens (tertiary/aromatic N) is 1. The van der Waals surface area contributed by atoms with E-state index in [4.69, 9.17) is 18.0 Å². The molecule has 2 rings (SSSR count). The first-order valence-electron chi connectivity index (χ1n) is 5.74. The van der Waals surface area contributed by atoms with Crippen LogP contribution in [0.25, 0.3) is 0 Å².